The molecule has 3 atom stereocenters. The Morgan fingerprint density at radius 2 is 1.92 bits per heavy atom. The molecule has 0 unspecified atom stereocenters. The van der Waals surface area contributed by atoms with Crippen molar-refractivity contribution in [2.75, 3.05) is 13.1 Å². The number of halogens is 1. The number of sulfonamides is 1. The first kappa shape index (κ1) is 27.2. The fourth-order valence-corrected chi connectivity index (χ4v) is 7.74. The molecule has 206 valence electrons. The average Bonchev–Trinajstić information content (AvgIpc) is 3.49. The molecule has 0 aliphatic heterocycles. The van der Waals surface area contributed by atoms with E-state index < -0.39 is 27.8 Å². The van der Waals surface area contributed by atoms with E-state index in [-0.39, 0.29) is 41.9 Å². The highest BCUT2D eigenvalue weighted by Gasteiger charge is 2.38. The summed E-state index contributed by atoms with van der Waals surface area (Å²) in [4.78, 5) is 11.7. The van der Waals surface area contributed by atoms with Crippen LogP contribution in [0.5, 0.6) is 0 Å². The molecule has 0 fully saturated rings. The first-order chi connectivity index (χ1) is 18.5. The molecule has 1 aromatic heterocycles. The second-order valence-corrected chi connectivity index (χ2v) is 12.5. The van der Waals surface area contributed by atoms with E-state index in [9.17, 15) is 27.8 Å². The molecule has 0 saturated carbocycles. The van der Waals surface area contributed by atoms with E-state index in [0.29, 0.717) is 6.42 Å². The van der Waals surface area contributed by atoms with E-state index >= 15 is 0 Å². The second-order valence-electron chi connectivity index (χ2n) is 10.5. The summed E-state index contributed by atoms with van der Waals surface area (Å²) in [7, 11) is -3.92. The van der Waals surface area contributed by atoms with Crippen molar-refractivity contribution in [3.8, 4) is 5.69 Å². The summed E-state index contributed by atoms with van der Waals surface area (Å²) in [6.45, 7) is 3.80. The number of carbonyl (C=O) groups is 1. The summed E-state index contributed by atoms with van der Waals surface area (Å²) in [6.07, 6.45) is 3.28. The maximum absolute atomic E-state index is 13.6. The van der Waals surface area contributed by atoms with Crippen molar-refractivity contribution in [2.45, 2.75) is 50.9 Å². The van der Waals surface area contributed by atoms with Crippen LogP contribution in [-0.2, 0) is 22.2 Å². The minimum absolute atomic E-state index is 0.0273. The van der Waals surface area contributed by atoms with E-state index in [1.165, 1.54) is 39.7 Å². The third-order valence-corrected chi connectivity index (χ3v) is 9.56. The molecule has 0 bridgehead atoms. The lowest BCUT2D eigenvalue weighted by Gasteiger charge is -2.31. The zero-order valence-electron chi connectivity index (χ0n) is 21.9. The summed E-state index contributed by atoms with van der Waals surface area (Å²) in [6, 6.07) is 12.3. The number of aliphatic hydroxyl groups is 1. The molecule has 0 radical (unpaired) electrons. The number of nitrogens with zero attached hydrogens (tertiary/aromatic N) is 3. The molecule has 0 spiro atoms. The number of fused-ring (bicyclic) bond motifs is 1. The molecule has 3 aromatic rings. The Kier molecular flexibility index (Phi) is 7.45. The number of allylic oxidation sites excluding steroid dienone is 1. The monoisotopic (exact) mass is 553 g/mol. The van der Waals surface area contributed by atoms with Gasteiger partial charge in [0.2, 0.25) is 10.0 Å². The van der Waals surface area contributed by atoms with Gasteiger partial charge in [-0.05, 0) is 61.6 Å². The average molecular weight is 554 g/mol. The summed E-state index contributed by atoms with van der Waals surface area (Å²) in [5, 5.41) is 24.3. The molecular weight excluding hydrogens is 521 g/mol. The van der Waals surface area contributed by atoms with Crippen LogP contribution in [0.15, 0.2) is 65.9 Å². The van der Waals surface area contributed by atoms with Crippen molar-refractivity contribution in [3.63, 3.8) is 0 Å². The Morgan fingerprint density at radius 3 is 2.62 bits per heavy atom. The van der Waals surface area contributed by atoms with Gasteiger partial charge in [0.05, 0.1) is 35.0 Å². The van der Waals surface area contributed by atoms with Crippen molar-refractivity contribution < 1.29 is 27.8 Å². The van der Waals surface area contributed by atoms with E-state index in [4.69, 9.17) is 0 Å². The Labute approximate surface area is 227 Å². The topological polar surface area (TPSA) is 113 Å². The van der Waals surface area contributed by atoms with Crippen molar-refractivity contribution in [1.29, 1.82) is 0 Å². The fraction of sp³-hybridized carbons (Fsp3) is 0.379. The van der Waals surface area contributed by atoms with Gasteiger partial charge in [0.15, 0.2) is 0 Å². The maximum atomic E-state index is 13.6. The normalized spacial score (nSPS) is 19.7. The number of aromatic carboxylic acids is 1. The summed E-state index contributed by atoms with van der Waals surface area (Å²) in [5.41, 5.74) is 5.59. The third kappa shape index (κ3) is 5.41. The highest BCUT2D eigenvalue weighted by atomic mass is 32.2. The van der Waals surface area contributed by atoms with Crippen LogP contribution < -0.4 is 0 Å². The lowest BCUT2D eigenvalue weighted by molar-refractivity contribution is 0.0696. The standard InChI is InChI=1S/C29H32FN3O5S/c1-18(34)15-32(39(37,38)17-22-5-3-4-6-25(22)29(35)36)16-21-8-7-20-13-27-26(19(2)28(20)21)14-31-33(27)24-11-9-23(30)10-12-24/h3-6,9-12,14,18-19,21,34H,7-8,13,15-17H2,1-2H3,(H,35,36)/t18-,19+,21+/m1/s1. The molecule has 0 saturated heterocycles. The van der Waals surface area contributed by atoms with Crippen LogP contribution in [0.4, 0.5) is 4.39 Å². The summed E-state index contributed by atoms with van der Waals surface area (Å²) in [5.74, 6) is -1.93. The molecule has 39 heavy (non-hydrogen) atoms. The predicted molar refractivity (Wildman–Crippen MR) is 145 cm³/mol. The maximum Gasteiger partial charge on any atom is 0.335 e. The van der Waals surface area contributed by atoms with Crippen molar-refractivity contribution in [3.05, 3.63) is 94.1 Å². The molecule has 10 heteroatoms. The zero-order chi connectivity index (χ0) is 27.9. The molecule has 0 amide bonds. The summed E-state index contributed by atoms with van der Waals surface area (Å²) >= 11 is 0. The van der Waals surface area contributed by atoms with Crippen LogP contribution in [-0.4, -0.2) is 57.9 Å². The SMILES string of the molecule is C[C@@H]1C2=C(CC[C@H]2CN(C[C@@H](C)O)S(=O)(=O)Cc2ccccc2C(=O)O)Cc2c1cnn2-c1ccc(F)cc1. The van der Waals surface area contributed by atoms with Gasteiger partial charge in [0.1, 0.15) is 5.82 Å². The Morgan fingerprint density at radius 1 is 1.21 bits per heavy atom. The molecular formula is C29H32FN3O5S. The molecule has 8 nitrogen and oxygen atoms in total. The van der Waals surface area contributed by atoms with Crippen LogP contribution >= 0.6 is 0 Å². The van der Waals surface area contributed by atoms with Gasteiger partial charge in [-0.15, -0.1) is 0 Å². The number of aromatic nitrogens is 2. The quantitative estimate of drug-likeness (QED) is 0.383. The van der Waals surface area contributed by atoms with Crippen LogP contribution in [0.3, 0.4) is 0 Å². The van der Waals surface area contributed by atoms with Gasteiger partial charge in [-0.25, -0.2) is 22.3 Å². The van der Waals surface area contributed by atoms with Crippen LogP contribution in [0.1, 0.15) is 59.8 Å². The van der Waals surface area contributed by atoms with Gasteiger partial charge in [-0.2, -0.15) is 9.40 Å². The first-order valence-corrected chi connectivity index (χ1v) is 14.7. The van der Waals surface area contributed by atoms with Crippen LogP contribution in [0, 0.1) is 11.7 Å². The van der Waals surface area contributed by atoms with Gasteiger partial charge in [0, 0.05) is 31.0 Å². The number of carboxylic acid groups (broad SMARTS) is 1. The highest BCUT2D eigenvalue weighted by molar-refractivity contribution is 7.88. The van der Waals surface area contributed by atoms with Gasteiger partial charge in [-0.3, -0.25) is 0 Å². The third-order valence-electron chi connectivity index (χ3n) is 7.80. The molecule has 1 heterocycles. The first-order valence-electron chi connectivity index (χ1n) is 13.1. The Hall–Kier alpha value is -3.34. The van der Waals surface area contributed by atoms with Crippen molar-refractivity contribution >= 4 is 16.0 Å². The van der Waals surface area contributed by atoms with E-state index in [1.807, 2.05) is 10.9 Å². The minimum atomic E-state index is -3.92. The lowest BCUT2D eigenvalue weighted by atomic mass is 9.80. The minimum Gasteiger partial charge on any atom is -0.478 e. The van der Waals surface area contributed by atoms with Crippen molar-refractivity contribution in [2.24, 2.45) is 5.92 Å². The Balaban J connectivity index is 1.41. The molecule has 2 N–H and O–H groups in total. The van der Waals surface area contributed by atoms with Gasteiger partial charge in [-0.1, -0.05) is 36.3 Å². The smallest absolute Gasteiger partial charge is 0.335 e. The lowest BCUT2D eigenvalue weighted by Crippen LogP contribution is -2.41. The van der Waals surface area contributed by atoms with E-state index in [2.05, 4.69) is 12.0 Å². The fourth-order valence-electron chi connectivity index (χ4n) is 6.06. The number of rotatable bonds is 9. The number of hydrogen-bond donors (Lipinski definition) is 2. The van der Waals surface area contributed by atoms with Crippen LogP contribution in [0.25, 0.3) is 5.69 Å². The van der Waals surface area contributed by atoms with Gasteiger partial charge < -0.3 is 10.2 Å². The highest BCUT2D eigenvalue weighted by Crippen LogP contribution is 2.47. The van der Waals surface area contributed by atoms with Crippen LogP contribution in [0.2, 0.25) is 0 Å². The summed E-state index contributed by atoms with van der Waals surface area (Å²) < 4.78 is 43.8. The van der Waals surface area contributed by atoms with Crippen molar-refractivity contribution in [1.82, 2.24) is 14.1 Å². The number of carboxylic acids is 1. The number of hydrogen-bond acceptors (Lipinski definition) is 5. The molecule has 2 aliphatic rings. The Bertz CT molecular complexity index is 1530. The predicted octanol–water partition coefficient (Wildman–Crippen LogP) is 4.29. The number of aliphatic hydroxyl groups excluding tert-OH is 1. The van der Waals surface area contributed by atoms with E-state index in [1.54, 1.807) is 31.2 Å². The molecule has 2 aliphatic carbocycles. The van der Waals surface area contributed by atoms with Gasteiger partial charge in [0.25, 0.3) is 0 Å². The van der Waals surface area contributed by atoms with E-state index in [0.717, 1.165) is 29.8 Å². The molecule has 5 rings (SSSR count). The number of benzene rings is 2. The van der Waals surface area contributed by atoms with Gasteiger partial charge >= 0.3 is 5.97 Å². The zero-order valence-corrected chi connectivity index (χ0v) is 22.7. The largest absolute Gasteiger partial charge is 0.478 e. The molecule has 2 aromatic carbocycles. The second kappa shape index (κ2) is 10.7.